The van der Waals surface area contributed by atoms with E-state index in [9.17, 15) is 4.79 Å². The highest BCUT2D eigenvalue weighted by Crippen LogP contribution is 2.04. The van der Waals surface area contributed by atoms with Crippen LogP contribution in [0.3, 0.4) is 0 Å². The second kappa shape index (κ2) is 4.25. The maximum Gasteiger partial charge on any atom is 0.348 e. The molecule has 0 saturated heterocycles. The maximum atomic E-state index is 11.7. The van der Waals surface area contributed by atoms with Gasteiger partial charge in [-0.2, -0.15) is 9.78 Å². The Labute approximate surface area is 102 Å². The Morgan fingerprint density at radius 2 is 2.06 bits per heavy atom. The van der Waals surface area contributed by atoms with E-state index in [2.05, 4.69) is 20.1 Å². The second-order valence-electron chi connectivity index (χ2n) is 3.62. The predicted molar refractivity (Wildman–Crippen MR) is 67.6 cm³/mol. The summed E-state index contributed by atoms with van der Waals surface area (Å²) in [5.74, 6) is 0. The zero-order chi connectivity index (χ0) is 12.4. The minimum absolute atomic E-state index is 0.323. The molecule has 0 aromatic carbocycles. The van der Waals surface area contributed by atoms with E-state index >= 15 is 0 Å². The normalized spacial score (nSPS) is 11.3. The maximum absolute atomic E-state index is 11.7. The van der Waals surface area contributed by atoms with Crippen LogP contribution in [0.1, 0.15) is 5.69 Å². The van der Waals surface area contributed by atoms with E-state index in [0.717, 1.165) is 0 Å². The fourth-order valence-corrected chi connectivity index (χ4v) is 1.60. The molecule has 1 N–H and O–H groups in total. The minimum Gasteiger partial charge on any atom is -0.303 e. The molecule has 0 atom stereocenters. The lowest BCUT2D eigenvalue weighted by molar-refractivity contribution is 0.851. The zero-order valence-corrected chi connectivity index (χ0v) is 9.32. The molecular formula is C12H9N5O. The molecule has 3 aromatic rings. The van der Waals surface area contributed by atoms with Crippen molar-refractivity contribution in [1.29, 1.82) is 0 Å². The number of rotatable bonds is 2. The van der Waals surface area contributed by atoms with Gasteiger partial charge in [-0.05, 0) is 24.3 Å². The summed E-state index contributed by atoms with van der Waals surface area (Å²) >= 11 is 0. The Morgan fingerprint density at radius 1 is 1.17 bits per heavy atom. The van der Waals surface area contributed by atoms with Crippen LogP contribution in [0.2, 0.25) is 0 Å². The number of nitrogens with one attached hydrogen (secondary N) is 1. The molecule has 6 nitrogen and oxygen atoms in total. The fraction of sp³-hybridized carbons (Fsp3) is 0. The molecule has 18 heavy (non-hydrogen) atoms. The monoisotopic (exact) mass is 239 g/mol. The number of pyridine rings is 2. The van der Waals surface area contributed by atoms with E-state index < -0.39 is 0 Å². The standard InChI is InChI=1S/C12H9N5O/c18-12-16-10-5-3-7-14-11(10)17(12)15-8-9-4-1-2-6-13-9/h1-8H,(H,16,18)/b15-8+. The number of nitrogens with zero attached hydrogens (tertiary/aromatic N) is 4. The van der Waals surface area contributed by atoms with Crippen molar-refractivity contribution >= 4 is 17.4 Å². The summed E-state index contributed by atoms with van der Waals surface area (Å²) in [5, 5.41) is 4.09. The molecule has 6 heteroatoms. The number of hydrogen-bond donors (Lipinski definition) is 1. The van der Waals surface area contributed by atoms with Crippen molar-refractivity contribution in [2.45, 2.75) is 0 Å². The van der Waals surface area contributed by atoms with Crippen molar-refractivity contribution in [2.75, 3.05) is 0 Å². The van der Waals surface area contributed by atoms with Gasteiger partial charge in [-0.25, -0.2) is 9.78 Å². The molecule has 0 saturated carbocycles. The number of fused-ring (bicyclic) bond motifs is 1. The summed E-state index contributed by atoms with van der Waals surface area (Å²) in [6, 6.07) is 9.00. The molecule has 0 unspecified atom stereocenters. The van der Waals surface area contributed by atoms with Gasteiger partial charge in [-0.15, -0.1) is 0 Å². The predicted octanol–water partition coefficient (Wildman–Crippen LogP) is 1.00. The Morgan fingerprint density at radius 3 is 2.89 bits per heavy atom. The first kappa shape index (κ1) is 10.4. The van der Waals surface area contributed by atoms with Crippen LogP contribution in [0.15, 0.2) is 52.6 Å². The van der Waals surface area contributed by atoms with Crippen LogP contribution in [0.25, 0.3) is 11.2 Å². The molecule has 3 aromatic heterocycles. The number of imidazole rings is 1. The number of aromatic nitrogens is 4. The Balaban J connectivity index is 2.08. The minimum atomic E-state index is -0.323. The average Bonchev–Trinajstić information content (AvgIpc) is 2.73. The largest absolute Gasteiger partial charge is 0.348 e. The van der Waals surface area contributed by atoms with Crippen molar-refractivity contribution in [3.05, 3.63) is 58.9 Å². The molecule has 0 aliphatic rings. The van der Waals surface area contributed by atoms with Crippen molar-refractivity contribution in [2.24, 2.45) is 5.10 Å². The third-order valence-corrected chi connectivity index (χ3v) is 2.41. The molecule has 88 valence electrons. The van der Waals surface area contributed by atoms with Crippen LogP contribution in [0.4, 0.5) is 0 Å². The summed E-state index contributed by atoms with van der Waals surface area (Å²) in [6.07, 6.45) is 4.80. The summed E-state index contributed by atoms with van der Waals surface area (Å²) in [7, 11) is 0. The van der Waals surface area contributed by atoms with Crippen molar-refractivity contribution in [1.82, 2.24) is 19.6 Å². The van der Waals surface area contributed by atoms with Crippen LogP contribution in [-0.4, -0.2) is 25.8 Å². The third kappa shape index (κ3) is 1.80. The van der Waals surface area contributed by atoms with Gasteiger partial charge in [0.05, 0.1) is 17.4 Å². The summed E-state index contributed by atoms with van der Waals surface area (Å²) in [4.78, 5) is 22.6. The Hall–Kier alpha value is -2.76. The Bertz CT molecular complexity index is 757. The van der Waals surface area contributed by atoms with Crippen LogP contribution in [0, 0.1) is 0 Å². The molecule has 0 amide bonds. The highest BCUT2D eigenvalue weighted by molar-refractivity contribution is 5.77. The lowest BCUT2D eigenvalue weighted by atomic mass is 10.4. The van der Waals surface area contributed by atoms with E-state index in [4.69, 9.17) is 0 Å². The van der Waals surface area contributed by atoms with Gasteiger partial charge >= 0.3 is 5.69 Å². The van der Waals surface area contributed by atoms with Gasteiger partial charge in [0, 0.05) is 12.4 Å². The first-order valence-corrected chi connectivity index (χ1v) is 5.36. The lowest BCUT2D eigenvalue weighted by Crippen LogP contribution is -2.12. The van der Waals surface area contributed by atoms with Gasteiger partial charge in [-0.1, -0.05) is 6.07 Å². The highest BCUT2D eigenvalue weighted by Gasteiger charge is 2.04. The molecule has 3 heterocycles. The van der Waals surface area contributed by atoms with Gasteiger partial charge in [-0.3, -0.25) is 4.98 Å². The van der Waals surface area contributed by atoms with Crippen LogP contribution in [-0.2, 0) is 0 Å². The molecule has 0 aliphatic heterocycles. The van der Waals surface area contributed by atoms with Crippen LogP contribution >= 0.6 is 0 Å². The highest BCUT2D eigenvalue weighted by atomic mass is 16.2. The Kier molecular flexibility index (Phi) is 2.45. The van der Waals surface area contributed by atoms with E-state index in [1.54, 1.807) is 30.6 Å². The lowest BCUT2D eigenvalue weighted by Gasteiger charge is -1.93. The first-order chi connectivity index (χ1) is 8.84. The van der Waals surface area contributed by atoms with Crippen LogP contribution in [0.5, 0.6) is 0 Å². The van der Waals surface area contributed by atoms with Crippen LogP contribution < -0.4 is 5.69 Å². The molecule has 0 bridgehead atoms. The zero-order valence-electron chi connectivity index (χ0n) is 9.32. The molecular weight excluding hydrogens is 230 g/mol. The molecule has 3 rings (SSSR count). The number of H-pyrrole nitrogens is 1. The molecule has 0 aliphatic carbocycles. The fourth-order valence-electron chi connectivity index (χ4n) is 1.60. The third-order valence-electron chi connectivity index (χ3n) is 2.41. The van der Waals surface area contributed by atoms with Crippen molar-refractivity contribution in [3.8, 4) is 0 Å². The SMILES string of the molecule is O=c1[nH]c2cccnc2n1/N=C/c1ccccn1. The van der Waals surface area contributed by atoms with E-state index in [1.807, 2.05) is 12.1 Å². The quantitative estimate of drug-likeness (QED) is 0.678. The van der Waals surface area contributed by atoms with Gasteiger partial charge in [0.1, 0.15) is 0 Å². The molecule has 0 fully saturated rings. The smallest absolute Gasteiger partial charge is 0.303 e. The molecule has 0 spiro atoms. The number of hydrogen-bond acceptors (Lipinski definition) is 4. The first-order valence-electron chi connectivity index (χ1n) is 5.36. The summed E-state index contributed by atoms with van der Waals surface area (Å²) < 4.78 is 1.21. The van der Waals surface area contributed by atoms with Gasteiger partial charge < -0.3 is 4.98 Å². The topological polar surface area (TPSA) is 75.9 Å². The number of aromatic amines is 1. The van der Waals surface area contributed by atoms with E-state index in [0.29, 0.717) is 16.9 Å². The van der Waals surface area contributed by atoms with Crippen molar-refractivity contribution < 1.29 is 0 Å². The summed E-state index contributed by atoms with van der Waals surface area (Å²) in [5.41, 5.74) is 1.50. The summed E-state index contributed by atoms with van der Waals surface area (Å²) in [6.45, 7) is 0. The second-order valence-corrected chi connectivity index (χ2v) is 3.62. The molecule has 0 radical (unpaired) electrons. The van der Waals surface area contributed by atoms with Gasteiger partial charge in [0.15, 0.2) is 5.65 Å². The van der Waals surface area contributed by atoms with Crippen molar-refractivity contribution in [3.63, 3.8) is 0 Å². The average molecular weight is 239 g/mol. The van der Waals surface area contributed by atoms with E-state index in [1.165, 1.54) is 10.9 Å². The van der Waals surface area contributed by atoms with Gasteiger partial charge in [0.2, 0.25) is 0 Å². The van der Waals surface area contributed by atoms with E-state index in [-0.39, 0.29) is 5.69 Å². The van der Waals surface area contributed by atoms with Gasteiger partial charge in [0.25, 0.3) is 0 Å².